The van der Waals surface area contributed by atoms with E-state index >= 15 is 0 Å². The maximum atomic E-state index is 13.2. The van der Waals surface area contributed by atoms with Crippen molar-refractivity contribution < 1.29 is 4.79 Å². The molecule has 0 atom stereocenters. The van der Waals surface area contributed by atoms with Crippen molar-refractivity contribution in [3.63, 3.8) is 0 Å². The van der Waals surface area contributed by atoms with Crippen molar-refractivity contribution in [2.45, 2.75) is 33.7 Å². The number of fused-ring (bicyclic) bond motifs is 1. The minimum atomic E-state index is -0.107. The predicted octanol–water partition coefficient (Wildman–Crippen LogP) is 4.32. The molecule has 0 unspecified atom stereocenters. The number of halogens is 1. The summed E-state index contributed by atoms with van der Waals surface area (Å²) in [4.78, 5) is 21.9. The molecule has 0 N–H and O–H groups in total. The minimum Gasteiger partial charge on any atom is -0.308 e. The van der Waals surface area contributed by atoms with Crippen LogP contribution in [-0.4, -0.2) is 52.8 Å². The zero-order valence-corrected chi connectivity index (χ0v) is 18.9. The third-order valence-electron chi connectivity index (χ3n) is 4.68. The Bertz CT molecular complexity index is 963. The molecule has 152 valence electrons. The fourth-order valence-electron chi connectivity index (χ4n) is 2.79. The van der Waals surface area contributed by atoms with E-state index in [2.05, 4.69) is 36.0 Å². The van der Waals surface area contributed by atoms with E-state index in [9.17, 15) is 4.79 Å². The van der Waals surface area contributed by atoms with Crippen LogP contribution in [0.2, 0.25) is 0 Å². The van der Waals surface area contributed by atoms with Crippen molar-refractivity contribution in [3.05, 3.63) is 41.2 Å². The van der Waals surface area contributed by atoms with Crippen LogP contribution < -0.4 is 4.90 Å². The van der Waals surface area contributed by atoms with Gasteiger partial charge in [0.2, 0.25) is 0 Å². The summed E-state index contributed by atoms with van der Waals surface area (Å²) in [5.74, 6) is -0.107. The molecule has 0 aliphatic carbocycles. The Hall–Kier alpha value is -1.96. The van der Waals surface area contributed by atoms with Crippen LogP contribution >= 0.6 is 23.7 Å². The average Bonchev–Trinajstić information content (AvgIpc) is 3.25. The third-order valence-corrected chi connectivity index (χ3v) is 5.72. The Kier molecular flexibility index (Phi) is 7.20. The molecule has 0 fully saturated rings. The van der Waals surface area contributed by atoms with Crippen LogP contribution in [0.25, 0.3) is 10.2 Å². The van der Waals surface area contributed by atoms with Crippen molar-refractivity contribution in [1.29, 1.82) is 0 Å². The molecular weight excluding hydrogens is 394 g/mol. The Balaban J connectivity index is 0.00000280. The number of anilines is 1. The number of rotatable bonds is 6. The Morgan fingerprint density at radius 2 is 1.89 bits per heavy atom. The van der Waals surface area contributed by atoms with E-state index in [4.69, 9.17) is 4.98 Å². The number of carbonyl (C=O) groups excluding carboxylic acids is 1. The predicted molar refractivity (Wildman–Crippen MR) is 119 cm³/mol. The lowest BCUT2D eigenvalue weighted by atomic mass is 10.1. The molecular formula is C20H28ClN5OS. The van der Waals surface area contributed by atoms with E-state index in [-0.39, 0.29) is 24.4 Å². The number of likely N-dealkylation sites (N-methyl/N-ethyl adjacent to an activating group) is 1. The molecule has 2 aromatic heterocycles. The van der Waals surface area contributed by atoms with Gasteiger partial charge in [0.05, 0.1) is 10.2 Å². The van der Waals surface area contributed by atoms with Gasteiger partial charge in [0.25, 0.3) is 5.91 Å². The van der Waals surface area contributed by atoms with Crippen LogP contribution in [-0.2, 0) is 0 Å². The highest BCUT2D eigenvalue weighted by Crippen LogP contribution is 2.32. The molecule has 1 amide bonds. The largest absolute Gasteiger partial charge is 0.308 e. The Morgan fingerprint density at radius 1 is 1.18 bits per heavy atom. The van der Waals surface area contributed by atoms with Crippen LogP contribution in [0.15, 0.2) is 24.4 Å². The van der Waals surface area contributed by atoms with Gasteiger partial charge < -0.3 is 4.90 Å². The van der Waals surface area contributed by atoms with Gasteiger partial charge in [0, 0.05) is 25.3 Å². The molecule has 0 aliphatic heterocycles. The highest BCUT2D eigenvalue weighted by Gasteiger charge is 2.24. The Labute approximate surface area is 176 Å². The smallest absolute Gasteiger partial charge is 0.280 e. The van der Waals surface area contributed by atoms with E-state index in [1.165, 1.54) is 11.1 Å². The second kappa shape index (κ2) is 9.03. The van der Waals surface area contributed by atoms with Crippen molar-refractivity contribution >= 4 is 45.0 Å². The highest BCUT2D eigenvalue weighted by atomic mass is 35.5. The lowest BCUT2D eigenvalue weighted by molar-refractivity contribution is 0.0979. The van der Waals surface area contributed by atoms with Crippen LogP contribution in [0, 0.1) is 13.8 Å². The van der Waals surface area contributed by atoms with Crippen molar-refractivity contribution in [1.82, 2.24) is 19.7 Å². The molecule has 2 heterocycles. The normalized spacial score (nSPS) is 11.3. The number of hydrogen-bond acceptors (Lipinski definition) is 5. The van der Waals surface area contributed by atoms with Gasteiger partial charge in [0.1, 0.15) is 0 Å². The first-order chi connectivity index (χ1) is 12.8. The van der Waals surface area contributed by atoms with Gasteiger partial charge in [-0.3, -0.25) is 14.4 Å². The van der Waals surface area contributed by atoms with Crippen molar-refractivity contribution in [2.24, 2.45) is 0 Å². The lowest BCUT2D eigenvalue weighted by Crippen LogP contribution is -2.37. The first-order valence-corrected chi connectivity index (χ1v) is 9.98. The van der Waals surface area contributed by atoms with Gasteiger partial charge in [-0.05, 0) is 65.0 Å². The standard InChI is InChI=1S/C20H27N5OS.ClH/c1-13(2)25-10-9-16(22-25)19(26)24(12-11-23(5)6)20-21-18-15(4)14(3)7-8-17(18)27-20;/h7-10,13H,11-12H2,1-6H3;1H. The quantitative estimate of drug-likeness (QED) is 0.594. The topological polar surface area (TPSA) is 54.3 Å². The summed E-state index contributed by atoms with van der Waals surface area (Å²) in [6, 6.07) is 6.19. The second-order valence-electron chi connectivity index (χ2n) is 7.39. The number of amides is 1. The molecule has 0 aliphatic rings. The number of thiazole rings is 1. The SMILES string of the molecule is Cc1ccc2sc(N(CCN(C)C)C(=O)c3ccn(C(C)C)n3)nc2c1C.Cl. The summed E-state index contributed by atoms with van der Waals surface area (Å²) < 4.78 is 2.91. The molecule has 0 saturated carbocycles. The number of benzene rings is 1. The molecule has 0 spiro atoms. The van der Waals surface area contributed by atoms with Gasteiger partial charge in [-0.25, -0.2) is 4.98 Å². The molecule has 8 heteroatoms. The average molecular weight is 422 g/mol. The van der Waals surface area contributed by atoms with E-state index in [1.807, 2.05) is 38.8 Å². The summed E-state index contributed by atoms with van der Waals surface area (Å²) in [6.07, 6.45) is 1.86. The molecule has 28 heavy (non-hydrogen) atoms. The number of aromatic nitrogens is 3. The maximum Gasteiger partial charge on any atom is 0.280 e. The molecule has 3 rings (SSSR count). The highest BCUT2D eigenvalue weighted by molar-refractivity contribution is 7.22. The zero-order chi connectivity index (χ0) is 19.7. The summed E-state index contributed by atoms with van der Waals surface area (Å²) in [7, 11) is 4.00. The molecule has 6 nitrogen and oxygen atoms in total. The Morgan fingerprint density at radius 3 is 2.50 bits per heavy atom. The fraction of sp³-hybridized carbons (Fsp3) is 0.450. The second-order valence-corrected chi connectivity index (χ2v) is 8.39. The van der Waals surface area contributed by atoms with Crippen LogP contribution in [0.3, 0.4) is 0 Å². The van der Waals surface area contributed by atoms with E-state index in [0.29, 0.717) is 12.2 Å². The van der Waals surface area contributed by atoms with E-state index in [0.717, 1.165) is 21.9 Å². The van der Waals surface area contributed by atoms with Gasteiger partial charge >= 0.3 is 0 Å². The zero-order valence-electron chi connectivity index (χ0n) is 17.3. The first kappa shape index (κ1) is 22.3. The first-order valence-electron chi connectivity index (χ1n) is 9.16. The lowest BCUT2D eigenvalue weighted by Gasteiger charge is -2.21. The molecule has 0 bridgehead atoms. The van der Waals surface area contributed by atoms with Gasteiger partial charge in [-0.2, -0.15) is 5.10 Å². The molecule has 3 aromatic rings. The summed E-state index contributed by atoms with van der Waals surface area (Å²) in [5.41, 5.74) is 3.81. The van der Waals surface area contributed by atoms with Crippen LogP contribution in [0.4, 0.5) is 5.13 Å². The molecule has 0 radical (unpaired) electrons. The van der Waals surface area contributed by atoms with Gasteiger partial charge in [-0.1, -0.05) is 17.4 Å². The molecule has 1 aromatic carbocycles. The summed E-state index contributed by atoms with van der Waals surface area (Å²) in [5, 5.41) is 5.18. The van der Waals surface area contributed by atoms with Crippen molar-refractivity contribution in [3.8, 4) is 0 Å². The summed E-state index contributed by atoms with van der Waals surface area (Å²) >= 11 is 1.56. The van der Waals surface area contributed by atoms with Gasteiger partial charge in [-0.15, -0.1) is 12.4 Å². The number of hydrogen-bond donors (Lipinski definition) is 0. The molecule has 0 saturated heterocycles. The van der Waals surface area contributed by atoms with Gasteiger partial charge in [0.15, 0.2) is 10.8 Å². The fourth-order valence-corrected chi connectivity index (χ4v) is 3.84. The maximum absolute atomic E-state index is 13.2. The van der Waals surface area contributed by atoms with Crippen LogP contribution in [0.1, 0.15) is 41.5 Å². The third kappa shape index (κ3) is 4.54. The summed E-state index contributed by atoms with van der Waals surface area (Å²) in [6.45, 7) is 9.58. The number of carbonyl (C=O) groups is 1. The van der Waals surface area contributed by atoms with E-state index < -0.39 is 0 Å². The van der Waals surface area contributed by atoms with E-state index in [1.54, 1.807) is 22.3 Å². The monoisotopic (exact) mass is 421 g/mol. The van der Waals surface area contributed by atoms with Crippen LogP contribution in [0.5, 0.6) is 0 Å². The number of nitrogens with zero attached hydrogens (tertiary/aromatic N) is 5. The number of aryl methyl sites for hydroxylation is 2. The van der Waals surface area contributed by atoms with Crippen molar-refractivity contribution in [2.75, 3.05) is 32.1 Å². The minimum absolute atomic E-state index is 0.